The second-order valence-corrected chi connectivity index (χ2v) is 6.54. The third-order valence-electron chi connectivity index (χ3n) is 4.65. The summed E-state index contributed by atoms with van der Waals surface area (Å²) < 4.78 is 5.78. The Labute approximate surface area is 132 Å². The highest BCUT2D eigenvalue weighted by Gasteiger charge is 2.32. The number of likely N-dealkylation sites (tertiary alicyclic amines) is 1. The fourth-order valence-corrected chi connectivity index (χ4v) is 3.74. The van der Waals surface area contributed by atoms with Crippen molar-refractivity contribution < 1.29 is 4.74 Å². The van der Waals surface area contributed by atoms with Gasteiger partial charge < -0.3 is 10.1 Å². The quantitative estimate of drug-likeness (QED) is 0.816. The standard InChI is InChI=1S/C17H25ClN2O/c18-14-6-8-15(9-7-14)21-13-3-12-20-11-2-5-17(20)16-4-1-10-19-16/h6-9,16-17,19H,1-5,10-13H2. The summed E-state index contributed by atoms with van der Waals surface area (Å²) in [6.45, 7) is 4.39. The normalized spacial score (nSPS) is 26.3. The van der Waals surface area contributed by atoms with Gasteiger partial charge in [0.15, 0.2) is 0 Å². The van der Waals surface area contributed by atoms with Gasteiger partial charge in [0, 0.05) is 23.7 Å². The maximum atomic E-state index is 5.87. The largest absolute Gasteiger partial charge is 0.494 e. The van der Waals surface area contributed by atoms with Gasteiger partial charge in [-0.1, -0.05) is 11.6 Å². The summed E-state index contributed by atoms with van der Waals surface area (Å²) in [7, 11) is 0. The Bertz CT molecular complexity index is 431. The van der Waals surface area contributed by atoms with E-state index in [1.165, 1.54) is 38.8 Å². The molecule has 0 amide bonds. The molecule has 0 aliphatic carbocycles. The number of nitrogens with zero attached hydrogens (tertiary/aromatic N) is 1. The first-order chi connectivity index (χ1) is 10.3. The summed E-state index contributed by atoms with van der Waals surface area (Å²) in [5, 5.41) is 4.42. The Hall–Kier alpha value is -0.770. The molecule has 116 valence electrons. The highest BCUT2D eigenvalue weighted by molar-refractivity contribution is 6.30. The molecule has 2 heterocycles. The number of nitrogens with one attached hydrogen (secondary N) is 1. The molecule has 0 spiro atoms. The van der Waals surface area contributed by atoms with Crippen molar-refractivity contribution in [2.45, 2.75) is 44.2 Å². The van der Waals surface area contributed by atoms with Gasteiger partial charge in [0.2, 0.25) is 0 Å². The van der Waals surface area contributed by atoms with E-state index in [9.17, 15) is 0 Å². The summed E-state index contributed by atoms with van der Waals surface area (Å²) in [6, 6.07) is 9.10. The summed E-state index contributed by atoms with van der Waals surface area (Å²) in [5.41, 5.74) is 0. The van der Waals surface area contributed by atoms with Crippen LogP contribution in [0.1, 0.15) is 32.1 Å². The third-order valence-corrected chi connectivity index (χ3v) is 4.90. The van der Waals surface area contributed by atoms with Crippen LogP contribution in [0, 0.1) is 0 Å². The maximum Gasteiger partial charge on any atom is 0.119 e. The maximum absolute atomic E-state index is 5.87. The van der Waals surface area contributed by atoms with Crippen molar-refractivity contribution in [2.75, 3.05) is 26.2 Å². The highest BCUT2D eigenvalue weighted by Crippen LogP contribution is 2.25. The number of benzene rings is 1. The molecule has 0 bridgehead atoms. The van der Waals surface area contributed by atoms with Crippen molar-refractivity contribution in [1.29, 1.82) is 0 Å². The van der Waals surface area contributed by atoms with Crippen molar-refractivity contribution in [1.82, 2.24) is 10.2 Å². The topological polar surface area (TPSA) is 24.5 Å². The molecule has 0 radical (unpaired) electrons. The highest BCUT2D eigenvalue weighted by atomic mass is 35.5. The Morgan fingerprint density at radius 2 is 2.05 bits per heavy atom. The van der Waals surface area contributed by atoms with E-state index in [0.29, 0.717) is 0 Å². The predicted octanol–water partition coefficient (Wildman–Crippen LogP) is 3.33. The van der Waals surface area contributed by atoms with Gasteiger partial charge in [-0.15, -0.1) is 0 Å². The molecule has 3 nitrogen and oxygen atoms in total. The molecular formula is C17H25ClN2O. The number of halogens is 1. The van der Waals surface area contributed by atoms with Gasteiger partial charge in [0.05, 0.1) is 6.61 Å². The van der Waals surface area contributed by atoms with Crippen LogP contribution in [-0.4, -0.2) is 43.2 Å². The van der Waals surface area contributed by atoms with E-state index in [2.05, 4.69) is 10.2 Å². The van der Waals surface area contributed by atoms with Gasteiger partial charge in [0.25, 0.3) is 0 Å². The van der Waals surface area contributed by atoms with Gasteiger partial charge in [-0.2, -0.15) is 0 Å². The molecular weight excluding hydrogens is 284 g/mol. The van der Waals surface area contributed by atoms with Gasteiger partial charge in [-0.3, -0.25) is 4.90 Å². The van der Waals surface area contributed by atoms with Crippen molar-refractivity contribution in [3.8, 4) is 5.75 Å². The Morgan fingerprint density at radius 1 is 1.19 bits per heavy atom. The molecule has 4 heteroatoms. The molecule has 3 rings (SSSR count). The lowest BCUT2D eigenvalue weighted by molar-refractivity contribution is 0.194. The molecule has 21 heavy (non-hydrogen) atoms. The number of hydrogen-bond acceptors (Lipinski definition) is 3. The number of ether oxygens (including phenoxy) is 1. The minimum atomic E-state index is 0.727. The Kier molecular flexibility index (Phi) is 5.39. The fraction of sp³-hybridized carbons (Fsp3) is 0.647. The zero-order valence-corrected chi connectivity index (χ0v) is 13.3. The first-order valence-corrected chi connectivity index (χ1v) is 8.56. The second kappa shape index (κ2) is 7.48. The molecule has 0 saturated carbocycles. The smallest absolute Gasteiger partial charge is 0.119 e. The summed E-state index contributed by atoms with van der Waals surface area (Å²) in [4.78, 5) is 2.66. The van der Waals surface area contributed by atoms with Crippen LogP contribution in [-0.2, 0) is 0 Å². The molecule has 2 aliphatic rings. The molecule has 1 aromatic carbocycles. The summed E-state index contributed by atoms with van der Waals surface area (Å²) in [5.74, 6) is 0.912. The molecule has 2 unspecified atom stereocenters. The number of rotatable bonds is 6. The van der Waals surface area contributed by atoms with Crippen molar-refractivity contribution in [3.63, 3.8) is 0 Å². The van der Waals surface area contributed by atoms with Crippen LogP contribution in [0.15, 0.2) is 24.3 Å². The monoisotopic (exact) mass is 308 g/mol. The average molecular weight is 309 g/mol. The van der Waals surface area contributed by atoms with Crippen LogP contribution in [0.2, 0.25) is 5.02 Å². The summed E-state index contributed by atoms with van der Waals surface area (Å²) in [6.07, 6.45) is 6.49. The zero-order valence-electron chi connectivity index (χ0n) is 12.6. The van der Waals surface area contributed by atoms with Crippen LogP contribution < -0.4 is 10.1 Å². The van der Waals surface area contributed by atoms with Gasteiger partial charge >= 0.3 is 0 Å². The fourth-order valence-electron chi connectivity index (χ4n) is 3.61. The van der Waals surface area contributed by atoms with Crippen molar-refractivity contribution >= 4 is 11.6 Å². The second-order valence-electron chi connectivity index (χ2n) is 6.10. The Morgan fingerprint density at radius 3 is 2.81 bits per heavy atom. The third kappa shape index (κ3) is 4.12. The lowest BCUT2D eigenvalue weighted by atomic mass is 10.0. The van der Waals surface area contributed by atoms with E-state index in [1.54, 1.807) is 0 Å². The minimum Gasteiger partial charge on any atom is -0.494 e. The predicted molar refractivity (Wildman–Crippen MR) is 87.2 cm³/mol. The molecule has 2 aliphatic heterocycles. The van der Waals surface area contributed by atoms with Crippen LogP contribution in [0.25, 0.3) is 0 Å². The van der Waals surface area contributed by atoms with E-state index in [1.807, 2.05) is 24.3 Å². The van der Waals surface area contributed by atoms with E-state index in [-0.39, 0.29) is 0 Å². The zero-order chi connectivity index (χ0) is 14.5. The lowest BCUT2D eigenvalue weighted by Crippen LogP contribution is -2.44. The molecule has 0 aromatic heterocycles. The molecule has 1 N–H and O–H groups in total. The van der Waals surface area contributed by atoms with Crippen LogP contribution in [0.3, 0.4) is 0 Å². The van der Waals surface area contributed by atoms with E-state index >= 15 is 0 Å². The molecule has 2 fully saturated rings. The van der Waals surface area contributed by atoms with Gasteiger partial charge in [-0.05, 0) is 69.5 Å². The summed E-state index contributed by atoms with van der Waals surface area (Å²) >= 11 is 5.87. The van der Waals surface area contributed by atoms with Crippen molar-refractivity contribution in [3.05, 3.63) is 29.3 Å². The van der Waals surface area contributed by atoms with Crippen LogP contribution >= 0.6 is 11.6 Å². The molecule has 2 atom stereocenters. The first-order valence-electron chi connectivity index (χ1n) is 8.19. The van der Waals surface area contributed by atoms with Crippen LogP contribution in [0.4, 0.5) is 0 Å². The lowest BCUT2D eigenvalue weighted by Gasteiger charge is -2.29. The first kappa shape index (κ1) is 15.1. The SMILES string of the molecule is Clc1ccc(OCCCN2CCCC2C2CCCN2)cc1. The Balaban J connectivity index is 1.39. The van der Waals surface area contributed by atoms with Crippen LogP contribution in [0.5, 0.6) is 5.75 Å². The molecule has 2 saturated heterocycles. The van der Waals surface area contributed by atoms with E-state index in [0.717, 1.165) is 42.4 Å². The molecule has 1 aromatic rings. The van der Waals surface area contributed by atoms with E-state index < -0.39 is 0 Å². The van der Waals surface area contributed by atoms with Crippen molar-refractivity contribution in [2.24, 2.45) is 0 Å². The van der Waals surface area contributed by atoms with Gasteiger partial charge in [0.1, 0.15) is 5.75 Å². The minimum absolute atomic E-state index is 0.727. The average Bonchev–Trinajstić information content (AvgIpc) is 3.16. The van der Waals surface area contributed by atoms with Gasteiger partial charge in [-0.25, -0.2) is 0 Å². The number of hydrogen-bond donors (Lipinski definition) is 1. The van der Waals surface area contributed by atoms with E-state index in [4.69, 9.17) is 16.3 Å².